The Balaban J connectivity index is 2.06. The molecule has 3 aromatic carbocycles. The molecular formula is C21H13BrIN. The maximum Gasteiger partial charge on any atom is 0.0849 e. The second kappa shape index (κ2) is 6.65. The van der Waals surface area contributed by atoms with Gasteiger partial charge in [-0.2, -0.15) is 0 Å². The molecule has 4 rings (SSSR count). The van der Waals surface area contributed by atoms with E-state index in [1.54, 1.807) is 0 Å². The van der Waals surface area contributed by atoms with Crippen LogP contribution < -0.4 is 0 Å². The molecule has 0 aliphatic heterocycles. The molecule has 1 nitrogen and oxygen atoms in total. The van der Waals surface area contributed by atoms with Crippen LogP contribution in [0.1, 0.15) is 0 Å². The van der Waals surface area contributed by atoms with Gasteiger partial charge < -0.3 is 0 Å². The Labute approximate surface area is 163 Å². The molecule has 0 unspecified atom stereocenters. The molecule has 1 heterocycles. The van der Waals surface area contributed by atoms with Crippen LogP contribution in [0.3, 0.4) is 0 Å². The largest absolute Gasteiger partial charge is 0.247 e. The standard InChI is InChI=1S/C21H13BrIN/c22-16-12-10-15(11-13-16)21-20(23)19(14-6-2-1-3-7-14)17-8-4-5-9-18(17)24-21/h1-13H. The van der Waals surface area contributed by atoms with Gasteiger partial charge in [0, 0.05) is 24.6 Å². The van der Waals surface area contributed by atoms with Crippen LogP contribution in [0, 0.1) is 3.57 Å². The van der Waals surface area contributed by atoms with Gasteiger partial charge in [0.05, 0.1) is 11.2 Å². The zero-order valence-corrected chi connectivity index (χ0v) is 16.5. The molecule has 0 spiro atoms. The van der Waals surface area contributed by atoms with Crippen molar-refractivity contribution >= 4 is 49.4 Å². The maximum absolute atomic E-state index is 4.94. The van der Waals surface area contributed by atoms with Crippen LogP contribution in [0.15, 0.2) is 83.3 Å². The maximum atomic E-state index is 4.94. The first-order valence-electron chi connectivity index (χ1n) is 7.63. The summed E-state index contributed by atoms with van der Waals surface area (Å²) in [4.78, 5) is 4.94. The van der Waals surface area contributed by atoms with Crippen LogP contribution in [-0.4, -0.2) is 4.98 Å². The monoisotopic (exact) mass is 485 g/mol. The summed E-state index contributed by atoms with van der Waals surface area (Å²) in [7, 11) is 0. The summed E-state index contributed by atoms with van der Waals surface area (Å²) in [5.41, 5.74) is 5.65. The highest BCUT2D eigenvalue weighted by Crippen LogP contribution is 2.37. The molecule has 24 heavy (non-hydrogen) atoms. The van der Waals surface area contributed by atoms with E-state index in [4.69, 9.17) is 4.98 Å². The molecule has 0 saturated carbocycles. The molecule has 0 aliphatic carbocycles. The Morgan fingerprint density at radius 1 is 0.708 bits per heavy atom. The molecule has 3 heteroatoms. The van der Waals surface area contributed by atoms with Crippen LogP contribution in [-0.2, 0) is 0 Å². The molecule has 0 atom stereocenters. The van der Waals surface area contributed by atoms with E-state index in [0.717, 1.165) is 21.2 Å². The fraction of sp³-hybridized carbons (Fsp3) is 0. The molecule has 0 aliphatic rings. The summed E-state index contributed by atoms with van der Waals surface area (Å²) >= 11 is 5.94. The first kappa shape index (κ1) is 15.8. The van der Waals surface area contributed by atoms with Gasteiger partial charge in [-0.15, -0.1) is 0 Å². The Bertz CT molecular complexity index is 1010. The number of rotatable bonds is 2. The van der Waals surface area contributed by atoms with E-state index in [9.17, 15) is 0 Å². The minimum atomic E-state index is 1.02. The predicted octanol–water partition coefficient (Wildman–Crippen LogP) is 6.94. The van der Waals surface area contributed by atoms with Gasteiger partial charge in [0.1, 0.15) is 0 Å². The lowest BCUT2D eigenvalue weighted by molar-refractivity contribution is 1.37. The highest BCUT2D eigenvalue weighted by atomic mass is 127. The molecule has 116 valence electrons. The number of aromatic nitrogens is 1. The van der Waals surface area contributed by atoms with Crippen molar-refractivity contribution in [3.63, 3.8) is 0 Å². The van der Waals surface area contributed by atoms with Crippen LogP contribution in [0.25, 0.3) is 33.3 Å². The van der Waals surface area contributed by atoms with Gasteiger partial charge in [-0.25, -0.2) is 4.98 Å². The highest BCUT2D eigenvalue weighted by molar-refractivity contribution is 14.1. The fourth-order valence-corrected chi connectivity index (χ4v) is 4.17. The van der Waals surface area contributed by atoms with Gasteiger partial charge in [0.15, 0.2) is 0 Å². The van der Waals surface area contributed by atoms with Crippen molar-refractivity contribution in [2.45, 2.75) is 0 Å². The molecule has 0 fully saturated rings. The van der Waals surface area contributed by atoms with Gasteiger partial charge in [0.2, 0.25) is 0 Å². The van der Waals surface area contributed by atoms with E-state index in [1.807, 2.05) is 6.07 Å². The second-order valence-corrected chi connectivity index (χ2v) is 7.53. The van der Waals surface area contributed by atoms with Crippen molar-refractivity contribution in [3.8, 4) is 22.4 Å². The van der Waals surface area contributed by atoms with E-state index in [-0.39, 0.29) is 0 Å². The number of halogens is 2. The third-order valence-corrected chi connectivity index (χ3v) is 5.59. The summed E-state index contributed by atoms with van der Waals surface area (Å²) in [6.07, 6.45) is 0. The first-order chi connectivity index (χ1) is 11.7. The van der Waals surface area contributed by atoms with Crippen molar-refractivity contribution in [1.29, 1.82) is 0 Å². The Hall–Kier alpha value is -1.72. The lowest BCUT2D eigenvalue weighted by Crippen LogP contribution is -1.95. The van der Waals surface area contributed by atoms with Crippen LogP contribution in [0.4, 0.5) is 0 Å². The van der Waals surface area contributed by atoms with E-state index < -0.39 is 0 Å². The number of hydrogen-bond acceptors (Lipinski definition) is 1. The molecule has 0 N–H and O–H groups in total. The fourth-order valence-electron chi connectivity index (χ4n) is 2.87. The quantitative estimate of drug-likeness (QED) is 0.280. The van der Waals surface area contributed by atoms with Crippen molar-refractivity contribution in [1.82, 2.24) is 4.98 Å². The summed E-state index contributed by atoms with van der Waals surface area (Å²) < 4.78 is 2.25. The third kappa shape index (κ3) is 2.87. The second-order valence-electron chi connectivity index (χ2n) is 5.54. The van der Waals surface area contributed by atoms with E-state index >= 15 is 0 Å². The average molecular weight is 486 g/mol. The first-order valence-corrected chi connectivity index (χ1v) is 9.51. The number of hydrogen-bond donors (Lipinski definition) is 0. The summed E-state index contributed by atoms with van der Waals surface area (Å²) in [6.45, 7) is 0. The summed E-state index contributed by atoms with van der Waals surface area (Å²) in [6, 6.07) is 27.2. The molecule has 1 aromatic heterocycles. The van der Waals surface area contributed by atoms with E-state index in [0.29, 0.717) is 0 Å². The molecule has 4 aromatic rings. The van der Waals surface area contributed by atoms with Crippen molar-refractivity contribution in [3.05, 3.63) is 86.9 Å². The number of nitrogens with zero attached hydrogens (tertiary/aromatic N) is 1. The van der Waals surface area contributed by atoms with Crippen LogP contribution in [0.2, 0.25) is 0 Å². The van der Waals surface area contributed by atoms with E-state index in [2.05, 4.69) is 111 Å². The van der Waals surface area contributed by atoms with Gasteiger partial charge in [-0.3, -0.25) is 0 Å². The topological polar surface area (TPSA) is 12.9 Å². The molecule has 0 amide bonds. The predicted molar refractivity (Wildman–Crippen MR) is 113 cm³/mol. The van der Waals surface area contributed by atoms with Gasteiger partial charge in [0.25, 0.3) is 0 Å². The average Bonchev–Trinajstić information content (AvgIpc) is 2.63. The third-order valence-electron chi connectivity index (χ3n) is 4.01. The number of para-hydroxylation sites is 1. The minimum absolute atomic E-state index is 1.02. The van der Waals surface area contributed by atoms with Gasteiger partial charge in [-0.1, -0.05) is 76.6 Å². The molecule has 0 radical (unpaired) electrons. The lowest BCUT2D eigenvalue weighted by atomic mass is 9.98. The van der Waals surface area contributed by atoms with Crippen molar-refractivity contribution in [2.75, 3.05) is 0 Å². The van der Waals surface area contributed by atoms with Crippen LogP contribution in [0.5, 0.6) is 0 Å². The Morgan fingerprint density at radius 3 is 2.12 bits per heavy atom. The normalized spacial score (nSPS) is 10.9. The van der Waals surface area contributed by atoms with Gasteiger partial charge in [-0.05, 0) is 46.4 Å². The molecule has 0 saturated heterocycles. The van der Waals surface area contributed by atoms with E-state index in [1.165, 1.54) is 20.1 Å². The highest BCUT2D eigenvalue weighted by Gasteiger charge is 2.15. The Morgan fingerprint density at radius 2 is 1.38 bits per heavy atom. The number of fused-ring (bicyclic) bond motifs is 1. The zero-order valence-electron chi connectivity index (χ0n) is 12.7. The zero-order chi connectivity index (χ0) is 16.5. The van der Waals surface area contributed by atoms with Gasteiger partial charge >= 0.3 is 0 Å². The van der Waals surface area contributed by atoms with Crippen LogP contribution >= 0.6 is 38.5 Å². The molecule has 0 bridgehead atoms. The number of benzene rings is 3. The smallest absolute Gasteiger partial charge is 0.0849 e. The van der Waals surface area contributed by atoms with Crippen molar-refractivity contribution < 1.29 is 0 Å². The SMILES string of the molecule is Brc1ccc(-c2nc3ccccc3c(-c3ccccc3)c2I)cc1. The Kier molecular flexibility index (Phi) is 4.37. The number of pyridine rings is 1. The van der Waals surface area contributed by atoms with Crippen molar-refractivity contribution in [2.24, 2.45) is 0 Å². The summed E-state index contributed by atoms with van der Waals surface area (Å²) in [5, 5.41) is 1.19. The lowest BCUT2D eigenvalue weighted by Gasteiger charge is -2.14. The summed E-state index contributed by atoms with van der Waals surface area (Å²) in [5.74, 6) is 0. The molecular weight excluding hydrogens is 473 g/mol. The minimum Gasteiger partial charge on any atom is -0.247 e.